The number of anilines is 1. The van der Waals surface area contributed by atoms with Crippen LogP contribution >= 0.6 is 0 Å². The Kier molecular flexibility index (Phi) is 6.93. The third-order valence-corrected chi connectivity index (χ3v) is 3.59. The van der Waals surface area contributed by atoms with Crippen LogP contribution < -0.4 is 20.1 Å². The van der Waals surface area contributed by atoms with Gasteiger partial charge in [-0.05, 0) is 31.9 Å². The van der Waals surface area contributed by atoms with Gasteiger partial charge in [0.15, 0.2) is 0 Å². The van der Waals surface area contributed by atoms with E-state index >= 15 is 0 Å². The lowest BCUT2D eigenvalue weighted by Crippen LogP contribution is -2.42. The second-order valence-electron chi connectivity index (χ2n) is 5.62. The van der Waals surface area contributed by atoms with Gasteiger partial charge in [0.2, 0.25) is 5.91 Å². The van der Waals surface area contributed by atoms with Crippen molar-refractivity contribution in [3.63, 3.8) is 0 Å². The van der Waals surface area contributed by atoms with Gasteiger partial charge in [0, 0.05) is 6.07 Å². The lowest BCUT2D eigenvalue weighted by atomic mass is 10.2. The molecule has 0 saturated carbocycles. The molecule has 1 aromatic carbocycles. The maximum Gasteiger partial charge on any atom is 0.405 e. The van der Waals surface area contributed by atoms with E-state index in [0.717, 1.165) is 11.3 Å². The van der Waals surface area contributed by atoms with E-state index in [9.17, 15) is 9.59 Å². The summed E-state index contributed by atoms with van der Waals surface area (Å²) in [7, 11) is 0. The first-order chi connectivity index (χ1) is 12.9. The molecule has 0 saturated heterocycles. The molecule has 1 aromatic heterocycles. The summed E-state index contributed by atoms with van der Waals surface area (Å²) >= 11 is 0. The van der Waals surface area contributed by atoms with Crippen LogP contribution in [0.2, 0.25) is 0 Å². The molecule has 0 bridgehead atoms. The van der Waals surface area contributed by atoms with E-state index in [4.69, 9.17) is 14.6 Å². The third kappa shape index (κ3) is 5.84. The SMILES string of the molecule is CCOc1cc(Oc2ncc(NC(=O)[C@@H](CC)NC(=O)O)cn2)ccc1C. The second kappa shape index (κ2) is 9.37. The fraction of sp³-hybridized carbons (Fsp3) is 0.333. The van der Waals surface area contributed by atoms with E-state index in [2.05, 4.69) is 20.6 Å². The van der Waals surface area contributed by atoms with Crippen LogP contribution in [0.15, 0.2) is 30.6 Å². The predicted molar refractivity (Wildman–Crippen MR) is 98.3 cm³/mol. The van der Waals surface area contributed by atoms with Gasteiger partial charge < -0.3 is 25.2 Å². The first-order valence-corrected chi connectivity index (χ1v) is 8.46. The van der Waals surface area contributed by atoms with Gasteiger partial charge in [-0.1, -0.05) is 13.0 Å². The monoisotopic (exact) mass is 374 g/mol. The number of amides is 2. The van der Waals surface area contributed by atoms with E-state index in [1.54, 1.807) is 19.1 Å². The summed E-state index contributed by atoms with van der Waals surface area (Å²) in [5.74, 6) is 0.755. The van der Waals surface area contributed by atoms with Crippen LogP contribution in [0.4, 0.5) is 10.5 Å². The molecule has 2 aromatic rings. The van der Waals surface area contributed by atoms with Crippen LogP contribution in [0.25, 0.3) is 0 Å². The van der Waals surface area contributed by atoms with Crippen LogP contribution in [-0.4, -0.2) is 39.7 Å². The molecular formula is C18H22N4O5. The smallest absolute Gasteiger partial charge is 0.405 e. The number of carbonyl (C=O) groups excluding carboxylic acids is 1. The maximum absolute atomic E-state index is 12.0. The Morgan fingerprint density at radius 2 is 1.93 bits per heavy atom. The highest BCUT2D eigenvalue weighted by Gasteiger charge is 2.18. The molecule has 0 aliphatic rings. The highest BCUT2D eigenvalue weighted by molar-refractivity contribution is 5.96. The Morgan fingerprint density at radius 1 is 1.22 bits per heavy atom. The van der Waals surface area contributed by atoms with Crippen molar-refractivity contribution in [2.45, 2.75) is 33.2 Å². The molecule has 0 spiro atoms. The van der Waals surface area contributed by atoms with E-state index in [0.29, 0.717) is 24.5 Å². The molecule has 2 amide bonds. The quantitative estimate of drug-likeness (QED) is 0.649. The normalized spacial score (nSPS) is 11.4. The van der Waals surface area contributed by atoms with Crippen LogP contribution in [0.5, 0.6) is 17.5 Å². The Bertz CT molecular complexity index is 795. The summed E-state index contributed by atoms with van der Waals surface area (Å²) in [6, 6.07) is 4.65. The van der Waals surface area contributed by atoms with Crippen LogP contribution in [-0.2, 0) is 4.79 Å². The number of benzene rings is 1. The van der Waals surface area contributed by atoms with Gasteiger partial charge in [0.05, 0.1) is 24.7 Å². The Hall–Kier alpha value is -3.36. The highest BCUT2D eigenvalue weighted by atomic mass is 16.5. The summed E-state index contributed by atoms with van der Waals surface area (Å²) in [6.07, 6.45) is 1.81. The average Bonchev–Trinajstić information content (AvgIpc) is 2.64. The van der Waals surface area contributed by atoms with Crippen LogP contribution in [0, 0.1) is 6.92 Å². The maximum atomic E-state index is 12.0. The third-order valence-electron chi connectivity index (χ3n) is 3.59. The number of carbonyl (C=O) groups is 2. The van der Waals surface area contributed by atoms with Crippen molar-refractivity contribution < 1.29 is 24.2 Å². The number of nitrogens with zero attached hydrogens (tertiary/aromatic N) is 2. The number of nitrogens with one attached hydrogen (secondary N) is 2. The lowest BCUT2D eigenvalue weighted by Gasteiger charge is -2.14. The van der Waals surface area contributed by atoms with Gasteiger partial charge in [-0.15, -0.1) is 0 Å². The Balaban J connectivity index is 2.02. The highest BCUT2D eigenvalue weighted by Crippen LogP contribution is 2.26. The number of hydrogen-bond donors (Lipinski definition) is 3. The fourth-order valence-electron chi connectivity index (χ4n) is 2.23. The van der Waals surface area contributed by atoms with Gasteiger partial charge in [0.25, 0.3) is 0 Å². The van der Waals surface area contributed by atoms with Crippen molar-refractivity contribution >= 4 is 17.7 Å². The summed E-state index contributed by atoms with van der Waals surface area (Å²) in [6.45, 7) is 6.08. The molecular weight excluding hydrogens is 352 g/mol. The predicted octanol–water partition coefficient (Wildman–Crippen LogP) is 2.96. The summed E-state index contributed by atoms with van der Waals surface area (Å²) in [5.41, 5.74) is 1.32. The zero-order chi connectivity index (χ0) is 19.8. The van der Waals surface area contributed by atoms with Crippen molar-refractivity contribution in [3.8, 4) is 17.5 Å². The standard InChI is InChI=1S/C18H22N4O5/c1-4-14(22-18(24)25)16(23)21-12-9-19-17(20-10-12)27-13-7-6-11(3)15(8-13)26-5-2/h6-10,14,22H,4-5H2,1-3H3,(H,21,23)(H,24,25)/t14-/m1/s1. The van der Waals surface area contributed by atoms with Crippen molar-refractivity contribution in [1.82, 2.24) is 15.3 Å². The molecule has 0 unspecified atom stereocenters. The van der Waals surface area contributed by atoms with E-state index in [-0.39, 0.29) is 6.01 Å². The molecule has 1 heterocycles. The van der Waals surface area contributed by atoms with Gasteiger partial charge in [-0.25, -0.2) is 14.8 Å². The molecule has 144 valence electrons. The summed E-state index contributed by atoms with van der Waals surface area (Å²) in [5, 5.41) is 13.4. The number of aromatic nitrogens is 2. The first kappa shape index (κ1) is 20.0. The molecule has 3 N–H and O–H groups in total. The number of hydrogen-bond acceptors (Lipinski definition) is 6. The summed E-state index contributed by atoms with van der Waals surface area (Å²) < 4.78 is 11.1. The van der Waals surface area contributed by atoms with E-state index in [1.807, 2.05) is 19.9 Å². The Labute approximate surface area is 156 Å². The molecule has 0 aliphatic heterocycles. The zero-order valence-electron chi connectivity index (χ0n) is 15.4. The molecule has 1 atom stereocenters. The molecule has 0 radical (unpaired) electrons. The number of rotatable bonds is 8. The van der Waals surface area contributed by atoms with Gasteiger partial charge in [-0.2, -0.15) is 0 Å². The molecule has 0 aliphatic carbocycles. The minimum atomic E-state index is -1.26. The molecule has 27 heavy (non-hydrogen) atoms. The average molecular weight is 374 g/mol. The Morgan fingerprint density at radius 3 is 2.52 bits per heavy atom. The zero-order valence-corrected chi connectivity index (χ0v) is 15.4. The summed E-state index contributed by atoms with van der Waals surface area (Å²) in [4.78, 5) is 30.8. The molecule has 2 rings (SSSR count). The van der Waals surface area contributed by atoms with Crippen molar-refractivity contribution in [3.05, 3.63) is 36.2 Å². The minimum absolute atomic E-state index is 0.106. The van der Waals surface area contributed by atoms with Gasteiger partial charge >= 0.3 is 12.1 Å². The number of carboxylic acid groups (broad SMARTS) is 1. The topological polar surface area (TPSA) is 123 Å². The number of aryl methyl sites for hydroxylation is 1. The van der Waals surface area contributed by atoms with E-state index in [1.165, 1.54) is 12.4 Å². The van der Waals surface area contributed by atoms with Crippen molar-refractivity contribution in [2.24, 2.45) is 0 Å². The largest absolute Gasteiger partial charge is 0.493 e. The van der Waals surface area contributed by atoms with E-state index < -0.39 is 18.0 Å². The van der Waals surface area contributed by atoms with Crippen LogP contribution in [0.1, 0.15) is 25.8 Å². The lowest BCUT2D eigenvalue weighted by molar-refractivity contribution is -0.118. The fourth-order valence-corrected chi connectivity index (χ4v) is 2.23. The molecule has 0 fully saturated rings. The second-order valence-corrected chi connectivity index (χ2v) is 5.62. The molecule has 9 nitrogen and oxygen atoms in total. The van der Waals surface area contributed by atoms with Crippen molar-refractivity contribution in [1.29, 1.82) is 0 Å². The molecule has 9 heteroatoms. The first-order valence-electron chi connectivity index (χ1n) is 8.46. The van der Waals surface area contributed by atoms with Crippen LogP contribution in [0.3, 0.4) is 0 Å². The van der Waals surface area contributed by atoms with Gasteiger partial charge in [-0.3, -0.25) is 4.79 Å². The van der Waals surface area contributed by atoms with Gasteiger partial charge in [0.1, 0.15) is 17.5 Å². The van der Waals surface area contributed by atoms with Crippen molar-refractivity contribution in [2.75, 3.05) is 11.9 Å². The number of ether oxygens (including phenoxy) is 2. The minimum Gasteiger partial charge on any atom is -0.493 e.